The third-order valence-corrected chi connectivity index (χ3v) is 4.82. The number of hydrogen-bond donors (Lipinski definition) is 0. The zero-order valence-electron chi connectivity index (χ0n) is 14.3. The normalized spacial score (nSPS) is 12.2. The fourth-order valence-corrected chi connectivity index (χ4v) is 3.61. The quantitative estimate of drug-likeness (QED) is 0.644. The SMILES string of the molecule is CCCn1c(=NC(=O)/C=C/c2ccccc2)sc2ccc(OC)cc21. The van der Waals surface area contributed by atoms with Gasteiger partial charge in [-0.15, -0.1) is 0 Å². The molecule has 0 radical (unpaired) electrons. The van der Waals surface area contributed by atoms with E-state index in [1.54, 1.807) is 13.2 Å². The van der Waals surface area contributed by atoms with E-state index < -0.39 is 0 Å². The summed E-state index contributed by atoms with van der Waals surface area (Å²) in [5, 5.41) is 0. The summed E-state index contributed by atoms with van der Waals surface area (Å²) in [6.45, 7) is 2.92. The number of rotatable bonds is 5. The molecule has 0 aliphatic carbocycles. The first-order valence-electron chi connectivity index (χ1n) is 8.20. The monoisotopic (exact) mass is 352 g/mol. The number of benzene rings is 2. The number of carbonyl (C=O) groups is 1. The number of methoxy groups -OCH3 is 1. The zero-order valence-corrected chi connectivity index (χ0v) is 15.1. The summed E-state index contributed by atoms with van der Waals surface area (Å²) in [6, 6.07) is 15.7. The molecule has 2 aromatic carbocycles. The summed E-state index contributed by atoms with van der Waals surface area (Å²) in [5.41, 5.74) is 2.03. The van der Waals surface area contributed by atoms with Crippen molar-refractivity contribution in [2.75, 3.05) is 7.11 Å². The van der Waals surface area contributed by atoms with Crippen LogP contribution in [0.25, 0.3) is 16.3 Å². The molecule has 4 nitrogen and oxygen atoms in total. The third-order valence-electron chi connectivity index (χ3n) is 3.76. The zero-order chi connectivity index (χ0) is 17.6. The summed E-state index contributed by atoms with van der Waals surface area (Å²) >= 11 is 1.52. The Balaban J connectivity index is 1.98. The highest BCUT2D eigenvalue weighted by molar-refractivity contribution is 7.16. The van der Waals surface area contributed by atoms with Crippen LogP contribution >= 0.6 is 11.3 Å². The van der Waals surface area contributed by atoms with E-state index in [1.165, 1.54) is 17.4 Å². The lowest BCUT2D eigenvalue weighted by molar-refractivity contribution is -0.113. The Morgan fingerprint density at radius 1 is 1.24 bits per heavy atom. The first kappa shape index (κ1) is 17.2. The highest BCUT2D eigenvalue weighted by Gasteiger charge is 2.08. The molecule has 3 rings (SSSR count). The van der Waals surface area contributed by atoms with Crippen molar-refractivity contribution in [2.24, 2.45) is 4.99 Å². The Morgan fingerprint density at radius 3 is 2.76 bits per heavy atom. The van der Waals surface area contributed by atoms with Gasteiger partial charge in [0.25, 0.3) is 5.91 Å². The van der Waals surface area contributed by atoms with Gasteiger partial charge in [-0.1, -0.05) is 48.6 Å². The molecule has 0 fully saturated rings. The molecule has 0 aliphatic heterocycles. The lowest BCUT2D eigenvalue weighted by atomic mass is 10.2. The number of amides is 1. The number of aryl methyl sites for hydroxylation is 1. The second kappa shape index (κ2) is 7.94. The van der Waals surface area contributed by atoms with E-state index in [4.69, 9.17) is 4.74 Å². The van der Waals surface area contributed by atoms with Crippen LogP contribution in [-0.2, 0) is 11.3 Å². The molecule has 0 unspecified atom stereocenters. The second-order valence-corrected chi connectivity index (χ2v) is 6.57. The summed E-state index contributed by atoms with van der Waals surface area (Å²) in [6.07, 6.45) is 4.26. The molecule has 1 aromatic heterocycles. The Labute approximate surface area is 150 Å². The number of aromatic nitrogens is 1. The summed E-state index contributed by atoms with van der Waals surface area (Å²) in [4.78, 5) is 17.3. The van der Waals surface area contributed by atoms with Gasteiger partial charge >= 0.3 is 0 Å². The van der Waals surface area contributed by atoms with Crippen molar-refractivity contribution >= 4 is 33.5 Å². The van der Waals surface area contributed by atoms with Crippen molar-refractivity contribution in [1.82, 2.24) is 4.57 Å². The van der Waals surface area contributed by atoms with Gasteiger partial charge in [0, 0.05) is 18.7 Å². The van der Waals surface area contributed by atoms with E-state index in [0.717, 1.165) is 34.5 Å². The van der Waals surface area contributed by atoms with E-state index in [2.05, 4.69) is 16.5 Å². The molecule has 0 spiro atoms. The maximum Gasteiger partial charge on any atom is 0.272 e. The Bertz CT molecular complexity index is 968. The number of thiazole rings is 1. The highest BCUT2D eigenvalue weighted by Crippen LogP contribution is 2.23. The van der Waals surface area contributed by atoms with Crippen LogP contribution in [0.2, 0.25) is 0 Å². The van der Waals surface area contributed by atoms with Gasteiger partial charge in [-0.2, -0.15) is 4.99 Å². The van der Waals surface area contributed by atoms with Crippen molar-refractivity contribution in [3.63, 3.8) is 0 Å². The third kappa shape index (κ3) is 4.06. The van der Waals surface area contributed by atoms with Crippen molar-refractivity contribution in [2.45, 2.75) is 19.9 Å². The minimum Gasteiger partial charge on any atom is -0.497 e. The van der Waals surface area contributed by atoms with Crippen LogP contribution in [0.15, 0.2) is 59.6 Å². The van der Waals surface area contributed by atoms with Crippen LogP contribution in [0, 0.1) is 0 Å². The van der Waals surface area contributed by atoms with Crippen LogP contribution in [0.5, 0.6) is 5.75 Å². The number of nitrogens with zero attached hydrogens (tertiary/aromatic N) is 2. The molecule has 1 amide bonds. The topological polar surface area (TPSA) is 43.6 Å². The van der Waals surface area contributed by atoms with Crippen LogP contribution in [0.3, 0.4) is 0 Å². The second-order valence-electron chi connectivity index (χ2n) is 5.56. The van der Waals surface area contributed by atoms with Crippen molar-refractivity contribution in [3.05, 3.63) is 65.0 Å². The molecular formula is C20H20N2O2S. The number of hydrogen-bond acceptors (Lipinski definition) is 3. The standard InChI is InChI=1S/C20H20N2O2S/c1-3-13-22-17-14-16(24-2)10-11-18(17)25-20(22)21-19(23)12-9-15-7-5-4-6-8-15/h4-12,14H,3,13H2,1-2H3/b12-9+,21-20?. The van der Waals surface area contributed by atoms with Crippen molar-refractivity contribution in [1.29, 1.82) is 0 Å². The maximum absolute atomic E-state index is 12.3. The van der Waals surface area contributed by atoms with Gasteiger partial charge in [-0.05, 0) is 30.2 Å². The lowest BCUT2D eigenvalue weighted by Crippen LogP contribution is -2.16. The molecule has 128 valence electrons. The average molecular weight is 352 g/mol. The van der Waals surface area contributed by atoms with E-state index in [9.17, 15) is 4.79 Å². The number of carbonyl (C=O) groups excluding carboxylic acids is 1. The minimum atomic E-state index is -0.257. The van der Waals surface area contributed by atoms with Crippen molar-refractivity contribution in [3.8, 4) is 5.75 Å². The van der Waals surface area contributed by atoms with E-state index in [0.29, 0.717) is 4.80 Å². The van der Waals surface area contributed by atoms with Gasteiger partial charge in [0.2, 0.25) is 0 Å². The highest BCUT2D eigenvalue weighted by atomic mass is 32.1. The Hall–Kier alpha value is -2.66. The first-order valence-corrected chi connectivity index (χ1v) is 9.02. The van der Waals surface area contributed by atoms with E-state index >= 15 is 0 Å². The van der Waals surface area contributed by atoms with Gasteiger partial charge in [0.05, 0.1) is 17.3 Å². The molecule has 5 heteroatoms. The Kier molecular flexibility index (Phi) is 5.46. The molecule has 25 heavy (non-hydrogen) atoms. The Morgan fingerprint density at radius 2 is 2.04 bits per heavy atom. The summed E-state index contributed by atoms with van der Waals surface area (Å²) in [7, 11) is 1.65. The molecule has 0 saturated carbocycles. The number of fused-ring (bicyclic) bond motifs is 1. The number of ether oxygens (including phenoxy) is 1. The van der Waals surface area contributed by atoms with Gasteiger partial charge in [0.15, 0.2) is 4.80 Å². The van der Waals surface area contributed by atoms with Gasteiger partial charge in [-0.25, -0.2) is 0 Å². The fraction of sp³-hybridized carbons (Fsp3) is 0.200. The molecule has 3 aromatic rings. The van der Waals surface area contributed by atoms with E-state index in [1.807, 2.05) is 48.5 Å². The maximum atomic E-state index is 12.3. The average Bonchev–Trinajstić information content (AvgIpc) is 2.97. The van der Waals surface area contributed by atoms with Crippen LogP contribution in [-0.4, -0.2) is 17.6 Å². The van der Waals surface area contributed by atoms with Gasteiger partial charge in [0.1, 0.15) is 5.75 Å². The van der Waals surface area contributed by atoms with Gasteiger partial charge in [-0.3, -0.25) is 4.79 Å². The molecule has 0 N–H and O–H groups in total. The minimum absolute atomic E-state index is 0.257. The van der Waals surface area contributed by atoms with Crippen LogP contribution < -0.4 is 9.54 Å². The van der Waals surface area contributed by atoms with Crippen LogP contribution in [0.4, 0.5) is 0 Å². The molecule has 0 aliphatic rings. The molecule has 0 bridgehead atoms. The molecule has 1 heterocycles. The fourth-order valence-electron chi connectivity index (χ4n) is 2.56. The summed E-state index contributed by atoms with van der Waals surface area (Å²) < 4.78 is 8.49. The smallest absolute Gasteiger partial charge is 0.272 e. The predicted molar refractivity (Wildman–Crippen MR) is 103 cm³/mol. The summed E-state index contributed by atoms with van der Waals surface area (Å²) in [5.74, 6) is 0.546. The van der Waals surface area contributed by atoms with Crippen molar-refractivity contribution < 1.29 is 9.53 Å². The predicted octanol–water partition coefficient (Wildman–Crippen LogP) is 4.26. The molecule has 0 saturated heterocycles. The lowest BCUT2D eigenvalue weighted by Gasteiger charge is -2.04. The van der Waals surface area contributed by atoms with Gasteiger partial charge < -0.3 is 9.30 Å². The first-order chi connectivity index (χ1) is 12.2. The molecular weight excluding hydrogens is 332 g/mol. The van der Waals surface area contributed by atoms with E-state index in [-0.39, 0.29) is 5.91 Å². The molecule has 0 atom stereocenters. The largest absolute Gasteiger partial charge is 0.497 e. The van der Waals surface area contributed by atoms with Crippen LogP contribution in [0.1, 0.15) is 18.9 Å².